The monoisotopic (exact) mass is 242 g/mol. The minimum absolute atomic E-state index is 0.720. The zero-order valence-electron chi connectivity index (χ0n) is 10.5. The second-order valence-corrected chi connectivity index (χ2v) is 4.72. The highest BCUT2D eigenvalue weighted by atomic mass is 15.3. The van der Waals surface area contributed by atoms with E-state index >= 15 is 0 Å². The van der Waals surface area contributed by atoms with E-state index in [0.29, 0.717) is 0 Å². The molecule has 1 aliphatic rings. The van der Waals surface area contributed by atoms with Crippen molar-refractivity contribution in [3.63, 3.8) is 0 Å². The summed E-state index contributed by atoms with van der Waals surface area (Å²) in [5.41, 5.74) is 2.47. The molecular weight excluding hydrogens is 224 g/mol. The van der Waals surface area contributed by atoms with Gasteiger partial charge in [0.25, 0.3) is 0 Å². The molecule has 0 atom stereocenters. The van der Waals surface area contributed by atoms with Crippen molar-refractivity contribution < 1.29 is 0 Å². The van der Waals surface area contributed by atoms with Crippen LogP contribution in [0.5, 0.6) is 0 Å². The van der Waals surface area contributed by atoms with E-state index in [4.69, 9.17) is 0 Å². The van der Waals surface area contributed by atoms with Gasteiger partial charge in [-0.05, 0) is 44.2 Å². The lowest BCUT2D eigenvalue weighted by Crippen LogP contribution is -2.05. The van der Waals surface area contributed by atoms with Crippen LogP contribution in [0.15, 0.2) is 36.0 Å². The van der Waals surface area contributed by atoms with E-state index in [1.807, 2.05) is 24.4 Å². The number of nitrogens with one attached hydrogen (secondary N) is 1. The molecular formula is C14H18N4. The zero-order valence-corrected chi connectivity index (χ0v) is 10.5. The highest BCUT2D eigenvalue weighted by Gasteiger charge is 2.05. The molecule has 2 heterocycles. The lowest BCUT2D eigenvalue weighted by atomic mass is 9.97. The standard InChI is InChI=1S/C14H18N4/c1-2-6-12(7-3-1)9-10-15-14-16-13-8-4-5-11-18(13)17-14/h4-6,8,11H,1-3,7,9-10H2,(H,15,17). The van der Waals surface area contributed by atoms with E-state index in [1.54, 1.807) is 10.1 Å². The smallest absolute Gasteiger partial charge is 0.243 e. The summed E-state index contributed by atoms with van der Waals surface area (Å²) in [4.78, 5) is 4.42. The van der Waals surface area contributed by atoms with Crippen LogP contribution in [0.4, 0.5) is 5.95 Å². The molecule has 3 rings (SSSR count). The molecule has 4 nitrogen and oxygen atoms in total. The van der Waals surface area contributed by atoms with Crippen molar-refractivity contribution in [2.24, 2.45) is 0 Å². The third-order valence-electron chi connectivity index (χ3n) is 3.36. The van der Waals surface area contributed by atoms with Crippen LogP contribution in [-0.2, 0) is 0 Å². The second kappa shape index (κ2) is 5.21. The van der Waals surface area contributed by atoms with Gasteiger partial charge in [-0.15, -0.1) is 5.10 Å². The Labute approximate surface area is 107 Å². The summed E-state index contributed by atoms with van der Waals surface area (Å²) in [7, 11) is 0. The quantitative estimate of drug-likeness (QED) is 0.838. The summed E-state index contributed by atoms with van der Waals surface area (Å²) in [5, 5.41) is 7.67. The lowest BCUT2D eigenvalue weighted by molar-refractivity contribution is 0.679. The van der Waals surface area contributed by atoms with Crippen molar-refractivity contribution in [1.82, 2.24) is 14.6 Å². The molecule has 0 bridgehead atoms. The van der Waals surface area contributed by atoms with Crippen LogP contribution in [0.25, 0.3) is 5.65 Å². The molecule has 1 N–H and O–H groups in total. The van der Waals surface area contributed by atoms with E-state index < -0.39 is 0 Å². The summed E-state index contributed by atoms with van der Waals surface area (Å²) in [6, 6.07) is 5.89. The summed E-state index contributed by atoms with van der Waals surface area (Å²) < 4.78 is 1.79. The maximum absolute atomic E-state index is 4.42. The zero-order chi connectivity index (χ0) is 12.2. The van der Waals surface area contributed by atoms with Crippen LogP contribution in [0, 0.1) is 0 Å². The normalized spacial score (nSPS) is 15.7. The molecule has 0 aliphatic heterocycles. The maximum Gasteiger partial charge on any atom is 0.243 e. The summed E-state index contributed by atoms with van der Waals surface area (Å²) in [5.74, 6) is 0.720. The van der Waals surface area contributed by atoms with E-state index in [0.717, 1.165) is 24.6 Å². The minimum Gasteiger partial charge on any atom is -0.353 e. The molecule has 0 unspecified atom stereocenters. The van der Waals surface area contributed by atoms with Gasteiger partial charge in [-0.1, -0.05) is 17.7 Å². The van der Waals surface area contributed by atoms with Gasteiger partial charge in [0.2, 0.25) is 5.95 Å². The first kappa shape index (κ1) is 11.3. The first-order valence-corrected chi connectivity index (χ1v) is 6.65. The van der Waals surface area contributed by atoms with Gasteiger partial charge in [-0.25, -0.2) is 4.52 Å². The Morgan fingerprint density at radius 1 is 1.28 bits per heavy atom. The van der Waals surface area contributed by atoms with Gasteiger partial charge in [-0.2, -0.15) is 4.98 Å². The topological polar surface area (TPSA) is 42.2 Å². The highest BCUT2D eigenvalue weighted by molar-refractivity contribution is 5.42. The van der Waals surface area contributed by atoms with Crippen LogP contribution in [0.3, 0.4) is 0 Å². The summed E-state index contributed by atoms with van der Waals surface area (Å²) >= 11 is 0. The SMILES string of the molecule is C1=C(CCNc2nc3ccccn3n2)CCCC1. The van der Waals surface area contributed by atoms with Gasteiger partial charge >= 0.3 is 0 Å². The fraction of sp³-hybridized carbons (Fsp3) is 0.429. The molecule has 2 aromatic heterocycles. The van der Waals surface area contributed by atoms with Crippen molar-refractivity contribution in [2.45, 2.75) is 32.1 Å². The minimum atomic E-state index is 0.720. The van der Waals surface area contributed by atoms with E-state index in [9.17, 15) is 0 Å². The van der Waals surface area contributed by atoms with Crippen molar-refractivity contribution in [1.29, 1.82) is 0 Å². The Balaban J connectivity index is 1.58. The molecule has 1 aliphatic carbocycles. The lowest BCUT2D eigenvalue weighted by Gasteiger charge is -2.12. The Bertz CT molecular complexity index is 523. The van der Waals surface area contributed by atoms with Crippen molar-refractivity contribution in [3.8, 4) is 0 Å². The van der Waals surface area contributed by atoms with Crippen molar-refractivity contribution in [3.05, 3.63) is 36.0 Å². The largest absolute Gasteiger partial charge is 0.353 e. The van der Waals surface area contributed by atoms with Gasteiger partial charge in [0.15, 0.2) is 5.65 Å². The Hall–Kier alpha value is -1.84. The Morgan fingerprint density at radius 2 is 2.28 bits per heavy atom. The van der Waals surface area contributed by atoms with E-state index in [2.05, 4.69) is 21.5 Å². The van der Waals surface area contributed by atoms with Crippen molar-refractivity contribution >= 4 is 11.6 Å². The molecule has 0 saturated carbocycles. The molecule has 94 valence electrons. The average molecular weight is 242 g/mol. The number of hydrogen-bond acceptors (Lipinski definition) is 3. The number of anilines is 1. The van der Waals surface area contributed by atoms with Crippen LogP contribution in [-0.4, -0.2) is 21.1 Å². The van der Waals surface area contributed by atoms with Gasteiger partial charge in [0.1, 0.15) is 0 Å². The fourth-order valence-electron chi connectivity index (χ4n) is 2.37. The molecule has 4 heteroatoms. The van der Waals surface area contributed by atoms with Crippen LogP contribution in [0.1, 0.15) is 32.1 Å². The molecule has 0 radical (unpaired) electrons. The predicted octanol–water partition coefficient (Wildman–Crippen LogP) is 3.03. The molecule has 0 fully saturated rings. The summed E-state index contributed by atoms with van der Waals surface area (Å²) in [6.45, 7) is 0.919. The number of fused-ring (bicyclic) bond motifs is 1. The Morgan fingerprint density at radius 3 is 3.11 bits per heavy atom. The second-order valence-electron chi connectivity index (χ2n) is 4.72. The number of allylic oxidation sites excluding steroid dienone is 1. The van der Waals surface area contributed by atoms with Gasteiger partial charge in [-0.3, -0.25) is 0 Å². The van der Waals surface area contributed by atoms with Crippen molar-refractivity contribution in [2.75, 3.05) is 11.9 Å². The fourth-order valence-corrected chi connectivity index (χ4v) is 2.37. The molecule has 0 saturated heterocycles. The highest BCUT2D eigenvalue weighted by Crippen LogP contribution is 2.19. The van der Waals surface area contributed by atoms with E-state index in [1.165, 1.54) is 25.7 Å². The average Bonchev–Trinajstić information content (AvgIpc) is 2.82. The number of aromatic nitrogens is 3. The molecule has 2 aromatic rings. The third-order valence-corrected chi connectivity index (χ3v) is 3.36. The van der Waals surface area contributed by atoms with Crippen LogP contribution >= 0.6 is 0 Å². The molecule has 0 spiro atoms. The number of nitrogens with zero attached hydrogens (tertiary/aromatic N) is 3. The summed E-state index contributed by atoms with van der Waals surface area (Å²) in [6.07, 6.45) is 10.6. The van der Waals surface area contributed by atoms with Crippen LogP contribution < -0.4 is 5.32 Å². The molecule has 0 amide bonds. The van der Waals surface area contributed by atoms with Gasteiger partial charge < -0.3 is 5.32 Å². The number of pyridine rings is 1. The van der Waals surface area contributed by atoms with Gasteiger partial charge in [0.05, 0.1) is 0 Å². The predicted molar refractivity (Wildman–Crippen MR) is 72.6 cm³/mol. The third kappa shape index (κ3) is 2.53. The maximum atomic E-state index is 4.42. The number of rotatable bonds is 4. The van der Waals surface area contributed by atoms with E-state index in [-0.39, 0.29) is 0 Å². The van der Waals surface area contributed by atoms with Gasteiger partial charge in [0, 0.05) is 12.7 Å². The first-order chi connectivity index (χ1) is 8.92. The molecule has 18 heavy (non-hydrogen) atoms. The Kier molecular flexibility index (Phi) is 3.26. The number of hydrogen-bond donors (Lipinski definition) is 1. The van der Waals surface area contributed by atoms with Crippen LogP contribution in [0.2, 0.25) is 0 Å². The molecule has 0 aromatic carbocycles. The first-order valence-electron chi connectivity index (χ1n) is 6.65.